The minimum atomic E-state index is 0.0201. The van der Waals surface area contributed by atoms with Crippen LogP contribution in [-0.2, 0) is 13.1 Å². The Morgan fingerprint density at radius 1 is 1.36 bits per heavy atom. The van der Waals surface area contributed by atoms with Crippen molar-refractivity contribution >= 4 is 5.91 Å². The largest absolute Gasteiger partial charge is 0.467 e. The summed E-state index contributed by atoms with van der Waals surface area (Å²) in [6.45, 7) is 3.08. The molecule has 1 aliphatic carbocycles. The molecule has 4 nitrogen and oxygen atoms in total. The Balaban J connectivity index is 1.82. The van der Waals surface area contributed by atoms with Crippen LogP contribution in [0, 0.1) is 5.92 Å². The van der Waals surface area contributed by atoms with Crippen molar-refractivity contribution in [2.24, 2.45) is 11.7 Å². The monoisotopic (exact) mass is 298 g/mol. The summed E-state index contributed by atoms with van der Waals surface area (Å²) < 4.78 is 5.32. The first kappa shape index (κ1) is 14.9. The fourth-order valence-electron chi connectivity index (χ4n) is 2.78. The highest BCUT2D eigenvalue weighted by Crippen LogP contribution is 2.36. The number of carbonyl (C=O) groups excluding carboxylic acids is 1. The van der Waals surface area contributed by atoms with E-state index in [4.69, 9.17) is 10.2 Å². The Labute approximate surface area is 130 Å². The molecule has 1 fully saturated rings. The van der Waals surface area contributed by atoms with E-state index in [1.54, 1.807) is 6.07 Å². The Hall–Kier alpha value is -2.07. The van der Waals surface area contributed by atoms with E-state index in [-0.39, 0.29) is 11.9 Å². The highest BCUT2D eigenvalue weighted by molar-refractivity contribution is 5.94. The van der Waals surface area contributed by atoms with E-state index in [0.29, 0.717) is 30.3 Å². The van der Waals surface area contributed by atoms with Gasteiger partial charge in [-0.05, 0) is 37.3 Å². The lowest BCUT2D eigenvalue weighted by Gasteiger charge is -2.29. The van der Waals surface area contributed by atoms with Crippen molar-refractivity contribution in [3.63, 3.8) is 0 Å². The number of nitrogens with zero attached hydrogens (tertiary/aromatic N) is 1. The molecule has 1 aromatic carbocycles. The Bertz CT molecular complexity index is 632. The summed E-state index contributed by atoms with van der Waals surface area (Å²) in [5.74, 6) is 1.28. The van der Waals surface area contributed by atoms with Crippen LogP contribution in [0.4, 0.5) is 0 Å². The van der Waals surface area contributed by atoms with Crippen LogP contribution in [-0.4, -0.2) is 16.8 Å². The number of hydrogen-bond acceptors (Lipinski definition) is 3. The van der Waals surface area contributed by atoms with Crippen LogP contribution < -0.4 is 5.73 Å². The number of amides is 1. The molecule has 0 spiro atoms. The van der Waals surface area contributed by atoms with Gasteiger partial charge in [0.15, 0.2) is 0 Å². The van der Waals surface area contributed by atoms with E-state index < -0.39 is 0 Å². The molecule has 0 bridgehead atoms. The molecule has 1 atom stereocenters. The van der Waals surface area contributed by atoms with Gasteiger partial charge in [0.05, 0.1) is 12.1 Å². The Morgan fingerprint density at radius 3 is 2.68 bits per heavy atom. The summed E-state index contributed by atoms with van der Waals surface area (Å²) in [5.41, 5.74) is 7.29. The molecule has 2 N–H and O–H groups in total. The molecule has 1 amide bonds. The standard InChI is InChI=1S/C18H22N2O2/c1-13(15-7-8-15)20(11-14-5-3-2-4-6-14)18(21)16-9-17(10-19)22-12-16/h2-6,9,12-13,15H,7-8,10-11,19H2,1H3. The normalized spacial score (nSPS) is 15.5. The van der Waals surface area contributed by atoms with Crippen LogP contribution in [0.5, 0.6) is 0 Å². The maximum absolute atomic E-state index is 12.9. The minimum Gasteiger partial charge on any atom is -0.467 e. The maximum atomic E-state index is 12.9. The third-order valence-electron chi connectivity index (χ3n) is 4.35. The summed E-state index contributed by atoms with van der Waals surface area (Å²) in [6, 6.07) is 12.1. The maximum Gasteiger partial charge on any atom is 0.257 e. The van der Waals surface area contributed by atoms with Gasteiger partial charge in [0.1, 0.15) is 12.0 Å². The topological polar surface area (TPSA) is 59.5 Å². The van der Waals surface area contributed by atoms with Gasteiger partial charge in [-0.3, -0.25) is 4.79 Å². The van der Waals surface area contributed by atoms with Gasteiger partial charge in [-0.15, -0.1) is 0 Å². The molecule has 1 aliphatic rings. The lowest BCUT2D eigenvalue weighted by molar-refractivity contribution is 0.0653. The third-order valence-corrected chi connectivity index (χ3v) is 4.35. The van der Waals surface area contributed by atoms with E-state index in [9.17, 15) is 4.79 Å². The quantitative estimate of drug-likeness (QED) is 0.891. The smallest absolute Gasteiger partial charge is 0.257 e. The highest BCUT2D eigenvalue weighted by atomic mass is 16.3. The summed E-state index contributed by atoms with van der Waals surface area (Å²) in [5, 5.41) is 0. The second kappa shape index (κ2) is 6.36. The van der Waals surface area contributed by atoms with Crippen molar-refractivity contribution in [1.82, 2.24) is 4.90 Å². The molecule has 22 heavy (non-hydrogen) atoms. The molecule has 3 rings (SSSR count). The number of rotatable bonds is 6. The van der Waals surface area contributed by atoms with Gasteiger partial charge >= 0.3 is 0 Å². The fraction of sp³-hybridized carbons (Fsp3) is 0.389. The van der Waals surface area contributed by atoms with Gasteiger partial charge in [-0.2, -0.15) is 0 Å². The first-order chi connectivity index (χ1) is 10.7. The molecule has 0 saturated heterocycles. The van der Waals surface area contributed by atoms with Crippen molar-refractivity contribution in [3.8, 4) is 0 Å². The van der Waals surface area contributed by atoms with Crippen LogP contribution in [0.2, 0.25) is 0 Å². The first-order valence-corrected chi connectivity index (χ1v) is 7.81. The first-order valence-electron chi connectivity index (χ1n) is 7.81. The Kier molecular flexibility index (Phi) is 4.29. The van der Waals surface area contributed by atoms with Crippen molar-refractivity contribution in [2.75, 3.05) is 0 Å². The van der Waals surface area contributed by atoms with Crippen LogP contribution in [0.25, 0.3) is 0 Å². The molecular formula is C18H22N2O2. The van der Waals surface area contributed by atoms with Crippen LogP contribution in [0.15, 0.2) is 47.1 Å². The number of benzene rings is 1. The van der Waals surface area contributed by atoms with Crippen molar-refractivity contribution in [3.05, 3.63) is 59.5 Å². The van der Waals surface area contributed by atoms with Gasteiger partial charge in [-0.25, -0.2) is 0 Å². The van der Waals surface area contributed by atoms with E-state index in [1.165, 1.54) is 19.1 Å². The van der Waals surface area contributed by atoms with E-state index in [2.05, 4.69) is 19.1 Å². The van der Waals surface area contributed by atoms with Crippen molar-refractivity contribution in [2.45, 2.75) is 38.9 Å². The molecule has 1 aromatic heterocycles. The van der Waals surface area contributed by atoms with Crippen molar-refractivity contribution < 1.29 is 9.21 Å². The van der Waals surface area contributed by atoms with E-state index in [1.807, 2.05) is 23.1 Å². The van der Waals surface area contributed by atoms with Gasteiger partial charge < -0.3 is 15.1 Å². The number of hydrogen-bond donors (Lipinski definition) is 1. The predicted octanol–water partition coefficient (Wildman–Crippen LogP) is 3.18. The second-order valence-corrected chi connectivity index (χ2v) is 6.00. The van der Waals surface area contributed by atoms with E-state index in [0.717, 1.165) is 5.56 Å². The Morgan fingerprint density at radius 2 is 2.09 bits per heavy atom. The zero-order valence-electron chi connectivity index (χ0n) is 12.9. The summed E-state index contributed by atoms with van der Waals surface area (Å²) in [7, 11) is 0. The molecule has 1 heterocycles. The van der Waals surface area contributed by atoms with Crippen LogP contribution in [0.1, 0.15) is 41.4 Å². The van der Waals surface area contributed by atoms with Crippen LogP contribution >= 0.6 is 0 Å². The van der Waals surface area contributed by atoms with Gasteiger partial charge in [0.25, 0.3) is 5.91 Å². The molecule has 2 aromatic rings. The number of carbonyl (C=O) groups is 1. The lowest BCUT2D eigenvalue weighted by Crippen LogP contribution is -2.39. The average molecular weight is 298 g/mol. The molecule has 1 saturated carbocycles. The van der Waals surface area contributed by atoms with Gasteiger partial charge in [0.2, 0.25) is 0 Å². The molecule has 0 radical (unpaired) electrons. The zero-order chi connectivity index (χ0) is 15.5. The molecule has 0 aliphatic heterocycles. The fourth-order valence-corrected chi connectivity index (χ4v) is 2.78. The van der Waals surface area contributed by atoms with E-state index >= 15 is 0 Å². The summed E-state index contributed by atoms with van der Waals surface area (Å²) in [4.78, 5) is 14.8. The molecule has 1 unspecified atom stereocenters. The van der Waals surface area contributed by atoms with Gasteiger partial charge in [0, 0.05) is 12.6 Å². The predicted molar refractivity (Wildman–Crippen MR) is 85.1 cm³/mol. The SMILES string of the molecule is CC(C1CC1)N(Cc1ccccc1)C(=O)c1coc(CN)c1. The summed E-state index contributed by atoms with van der Waals surface area (Å²) >= 11 is 0. The third kappa shape index (κ3) is 3.22. The van der Waals surface area contributed by atoms with Gasteiger partial charge in [-0.1, -0.05) is 30.3 Å². The minimum absolute atomic E-state index is 0.0201. The highest BCUT2D eigenvalue weighted by Gasteiger charge is 2.35. The lowest BCUT2D eigenvalue weighted by atomic mass is 10.1. The van der Waals surface area contributed by atoms with Crippen molar-refractivity contribution in [1.29, 1.82) is 0 Å². The second-order valence-electron chi connectivity index (χ2n) is 6.00. The molecular weight excluding hydrogens is 276 g/mol. The average Bonchev–Trinajstić information content (AvgIpc) is 3.29. The number of furan rings is 1. The zero-order valence-corrected chi connectivity index (χ0v) is 12.9. The molecule has 4 heteroatoms. The summed E-state index contributed by atoms with van der Waals surface area (Å²) in [6.07, 6.45) is 3.93. The molecule has 116 valence electrons. The number of nitrogens with two attached hydrogens (primary N) is 1. The van der Waals surface area contributed by atoms with Crippen LogP contribution in [0.3, 0.4) is 0 Å².